The smallest absolute Gasteiger partial charge is 0.252 e. The van der Waals surface area contributed by atoms with Gasteiger partial charge >= 0.3 is 0 Å². The van der Waals surface area contributed by atoms with Gasteiger partial charge in [-0.25, -0.2) is 4.39 Å². The van der Waals surface area contributed by atoms with Gasteiger partial charge in [-0.05, 0) is 65.5 Å². The van der Waals surface area contributed by atoms with E-state index < -0.39 is 0 Å². The van der Waals surface area contributed by atoms with E-state index in [-0.39, 0.29) is 17.3 Å². The van der Waals surface area contributed by atoms with Crippen molar-refractivity contribution < 1.29 is 9.18 Å². The molecule has 0 aliphatic carbocycles. The molecular formula is C20H22BrFN2O. The maximum atomic E-state index is 13.2. The van der Waals surface area contributed by atoms with Crippen LogP contribution in [0, 0.1) is 5.82 Å². The van der Waals surface area contributed by atoms with Crippen LogP contribution in [0.5, 0.6) is 0 Å². The van der Waals surface area contributed by atoms with Gasteiger partial charge in [-0.3, -0.25) is 9.69 Å². The predicted molar refractivity (Wildman–Crippen MR) is 101 cm³/mol. The molecule has 132 valence electrons. The van der Waals surface area contributed by atoms with Crippen molar-refractivity contribution in [3.8, 4) is 0 Å². The summed E-state index contributed by atoms with van der Waals surface area (Å²) in [6.07, 6.45) is 1.02. The standard InChI is InChI=1S/C20H22BrFN2O/c1-20(2,24-10-9-14-5-3-4-6-15(14)12-24)13-23-19(25)17-8-7-16(22)11-18(17)21/h3-8,11H,9-10,12-13H2,1-2H3,(H,23,25). The fourth-order valence-corrected chi connectivity index (χ4v) is 3.72. The molecule has 0 aromatic heterocycles. The lowest BCUT2D eigenvalue weighted by Gasteiger charge is -2.41. The Hall–Kier alpha value is -1.72. The van der Waals surface area contributed by atoms with Crippen LogP contribution in [0.1, 0.15) is 35.3 Å². The van der Waals surface area contributed by atoms with E-state index in [0.717, 1.165) is 19.5 Å². The number of amides is 1. The summed E-state index contributed by atoms with van der Waals surface area (Å²) in [5, 5.41) is 2.99. The van der Waals surface area contributed by atoms with E-state index in [9.17, 15) is 9.18 Å². The highest BCUT2D eigenvalue weighted by Crippen LogP contribution is 2.25. The fraction of sp³-hybridized carbons (Fsp3) is 0.350. The Labute approximate surface area is 156 Å². The van der Waals surface area contributed by atoms with Crippen molar-refractivity contribution in [2.24, 2.45) is 0 Å². The minimum Gasteiger partial charge on any atom is -0.350 e. The molecule has 2 aromatic carbocycles. The molecular weight excluding hydrogens is 383 g/mol. The van der Waals surface area contributed by atoms with Crippen LogP contribution in [0.4, 0.5) is 4.39 Å². The van der Waals surface area contributed by atoms with E-state index in [1.807, 2.05) is 0 Å². The molecule has 1 aliphatic rings. The summed E-state index contributed by atoms with van der Waals surface area (Å²) in [6.45, 7) is 6.67. The molecule has 3 nitrogen and oxygen atoms in total. The number of halogens is 2. The van der Waals surface area contributed by atoms with E-state index in [0.29, 0.717) is 16.6 Å². The van der Waals surface area contributed by atoms with Crippen LogP contribution in [0.2, 0.25) is 0 Å². The van der Waals surface area contributed by atoms with Gasteiger partial charge < -0.3 is 5.32 Å². The van der Waals surface area contributed by atoms with Crippen LogP contribution in [-0.2, 0) is 13.0 Å². The topological polar surface area (TPSA) is 32.3 Å². The molecule has 0 radical (unpaired) electrons. The lowest BCUT2D eigenvalue weighted by molar-refractivity contribution is 0.0825. The molecule has 0 bridgehead atoms. The first-order valence-electron chi connectivity index (χ1n) is 8.42. The van der Waals surface area contributed by atoms with Gasteiger partial charge in [0, 0.05) is 29.6 Å². The Bertz CT molecular complexity index is 791. The monoisotopic (exact) mass is 404 g/mol. The number of benzene rings is 2. The first-order valence-corrected chi connectivity index (χ1v) is 9.21. The molecule has 25 heavy (non-hydrogen) atoms. The molecule has 0 spiro atoms. The largest absolute Gasteiger partial charge is 0.350 e. The molecule has 3 rings (SSSR count). The van der Waals surface area contributed by atoms with E-state index in [1.54, 1.807) is 0 Å². The molecule has 5 heteroatoms. The summed E-state index contributed by atoms with van der Waals surface area (Å²) in [7, 11) is 0. The minimum atomic E-state index is -0.365. The third kappa shape index (κ3) is 4.10. The number of fused-ring (bicyclic) bond motifs is 1. The summed E-state index contributed by atoms with van der Waals surface area (Å²) in [4.78, 5) is 14.8. The molecule has 1 heterocycles. The minimum absolute atomic E-state index is 0.171. The average Bonchev–Trinajstić information content (AvgIpc) is 2.59. The summed E-state index contributed by atoms with van der Waals surface area (Å²) >= 11 is 3.25. The quantitative estimate of drug-likeness (QED) is 0.829. The highest BCUT2D eigenvalue weighted by molar-refractivity contribution is 9.10. The van der Waals surface area contributed by atoms with Gasteiger partial charge in [-0.2, -0.15) is 0 Å². The van der Waals surface area contributed by atoms with Crippen molar-refractivity contribution in [2.75, 3.05) is 13.1 Å². The third-order valence-corrected chi connectivity index (χ3v) is 5.50. The SMILES string of the molecule is CC(C)(CNC(=O)c1ccc(F)cc1Br)N1CCc2ccccc2C1. The number of hydrogen-bond acceptors (Lipinski definition) is 2. The van der Waals surface area contributed by atoms with Gasteiger partial charge in [0.2, 0.25) is 0 Å². The number of nitrogens with one attached hydrogen (secondary N) is 1. The number of hydrogen-bond donors (Lipinski definition) is 1. The molecule has 0 fully saturated rings. The van der Waals surface area contributed by atoms with E-state index in [1.165, 1.54) is 29.3 Å². The summed E-state index contributed by atoms with van der Waals surface area (Å²) in [6, 6.07) is 12.6. The van der Waals surface area contributed by atoms with Gasteiger partial charge in [0.25, 0.3) is 5.91 Å². The number of rotatable bonds is 4. The highest BCUT2D eigenvalue weighted by atomic mass is 79.9. The molecule has 0 saturated carbocycles. The van der Waals surface area contributed by atoms with Gasteiger partial charge in [-0.15, -0.1) is 0 Å². The van der Waals surface area contributed by atoms with Crippen LogP contribution in [0.3, 0.4) is 0 Å². The van der Waals surface area contributed by atoms with E-state index in [2.05, 4.69) is 64.3 Å². The lowest BCUT2D eigenvalue weighted by Crippen LogP contribution is -2.53. The summed E-state index contributed by atoms with van der Waals surface area (Å²) in [5.41, 5.74) is 3.04. The maximum Gasteiger partial charge on any atom is 0.252 e. The summed E-state index contributed by atoms with van der Waals surface area (Å²) < 4.78 is 13.6. The predicted octanol–water partition coefficient (Wildman–Crippen LogP) is 4.15. The summed E-state index contributed by atoms with van der Waals surface area (Å²) in [5.74, 6) is -0.562. The molecule has 0 unspecified atom stereocenters. The normalized spacial score (nSPS) is 14.9. The van der Waals surface area contributed by atoms with Crippen molar-refractivity contribution in [2.45, 2.75) is 32.4 Å². The molecule has 0 saturated heterocycles. The number of carbonyl (C=O) groups excluding carboxylic acids is 1. The van der Waals surface area contributed by atoms with E-state index in [4.69, 9.17) is 0 Å². The lowest BCUT2D eigenvalue weighted by atomic mass is 9.94. The van der Waals surface area contributed by atoms with Gasteiger partial charge in [0.15, 0.2) is 0 Å². The van der Waals surface area contributed by atoms with E-state index >= 15 is 0 Å². The van der Waals surface area contributed by atoms with Crippen LogP contribution in [0.15, 0.2) is 46.9 Å². The van der Waals surface area contributed by atoms with Crippen LogP contribution < -0.4 is 5.32 Å². The van der Waals surface area contributed by atoms with Crippen molar-refractivity contribution in [3.63, 3.8) is 0 Å². The van der Waals surface area contributed by atoms with Crippen molar-refractivity contribution in [3.05, 3.63) is 69.4 Å². The zero-order valence-electron chi connectivity index (χ0n) is 14.5. The molecule has 2 aromatic rings. The van der Waals surface area contributed by atoms with Crippen molar-refractivity contribution in [1.29, 1.82) is 0 Å². The van der Waals surface area contributed by atoms with Crippen molar-refractivity contribution >= 4 is 21.8 Å². The van der Waals surface area contributed by atoms with Gasteiger partial charge in [-0.1, -0.05) is 24.3 Å². The molecule has 1 N–H and O–H groups in total. The molecule has 1 amide bonds. The first kappa shape index (κ1) is 18.1. The van der Waals surface area contributed by atoms with Crippen molar-refractivity contribution in [1.82, 2.24) is 10.2 Å². The Morgan fingerprint density at radius 3 is 2.68 bits per heavy atom. The number of nitrogens with zero attached hydrogens (tertiary/aromatic N) is 1. The second kappa shape index (κ2) is 7.26. The zero-order valence-corrected chi connectivity index (χ0v) is 16.1. The van der Waals surface area contributed by atoms with Gasteiger partial charge in [0.1, 0.15) is 5.82 Å². The second-order valence-corrected chi connectivity index (χ2v) is 7.91. The second-order valence-electron chi connectivity index (χ2n) is 7.06. The van der Waals surface area contributed by atoms with Crippen LogP contribution >= 0.6 is 15.9 Å². The molecule has 0 atom stereocenters. The Morgan fingerprint density at radius 1 is 1.24 bits per heavy atom. The first-order chi connectivity index (χ1) is 11.9. The van der Waals surface area contributed by atoms with Crippen LogP contribution in [-0.4, -0.2) is 29.4 Å². The number of carbonyl (C=O) groups is 1. The Kier molecular flexibility index (Phi) is 5.25. The van der Waals surface area contributed by atoms with Crippen LogP contribution in [0.25, 0.3) is 0 Å². The molecule has 1 aliphatic heterocycles. The Morgan fingerprint density at radius 2 is 1.96 bits per heavy atom. The highest BCUT2D eigenvalue weighted by Gasteiger charge is 2.30. The van der Waals surface area contributed by atoms with Gasteiger partial charge in [0.05, 0.1) is 5.56 Å². The fourth-order valence-electron chi connectivity index (χ4n) is 3.19. The third-order valence-electron chi connectivity index (χ3n) is 4.84. The average molecular weight is 405 g/mol. The zero-order chi connectivity index (χ0) is 18.0. The Balaban J connectivity index is 1.65. The maximum absolute atomic E-state index is 13.2.